The minimum Gasteiger partial charge on any atom is -0.461 e. The van der Waals surface area contributed by atoms with Crippen molar-refractivity contribution in [1.82, 2.24) is 0 Å². The SMILES string of the molecule is C=C(C)C(=O)OC[C](c1ccccc1)c1ccccc1. The maximum absolute atomic E-state index is 11.6. The van der Waals surface area contributed by atoms with E-state index in [0.717, 1.165) is 17.0 Å². The summed E-state index contributed by atoms with van der Waals surface area (Å²) in [7, 11) is 0. The number of ether oxygens (including phenoxy) is 1. The molecule has 2 rings (SSSR count). The van der Waals surface area contributed by atoms with Crippen LogP contribution in [0.5, 0.6) is 0 Å². The highest BCUT2D eigenvalue weighted by atomic mass is 16.5. The molecule has 0 aromatic heterocycles. The van der Waals surface area contributed by atoms with E-state index in [1.165, 1.54) is 0 Å². The number of hydrogen-bond donors (Lipinski definition) is 0. The minimum atomic E-state index is -0.366. The van der Waals surface area contributed by atoms with Gasteiger partial charge in [0.2, 0.25) is 0 Å². The topological polar surface area (TPSA) is 26.3 Å². The molecule has 0 N–H and O–H groups in total. The van der Waals surface area contributed by atoms with Crippen molar-refractivity contribution in [2.45, 2.75) is 6.92 Å². The van der Waals surface area contributed by atoms with Gasteiger partial charge in [0.15, 0.2) is 0 Å². The molecule has 0 aliphatic carbocycles. The molecule has 20 heavy (non-hydrogen) atoms. The highest BCUT2D eigenvalue weighted by Crippen LogP contribution is 2.23. The molecular formula is C18H17O2. The summed E-state index contributed by atoms with van der Waals surface area (Å²) >= 11 is 0. The van der Waals surface area contributed by atoms with Gasteiger partial charge in [-0.2, -0.15) is 0 Å². The van der Waals surface area contributed by atoms with Gasteiger partial charge in [0.1, 0.15) is 6.61 Å². The Balaban J connectivity index is 2.22. The van der Waals surface area contributed by atoms with Crippen molar-refractivity contribution in [3.8, 4) is 0 Å². The summed E-state index contributed by atoms with van der Waals surface area (Å²) < 4.78 is 5.30. The fourth-order valence-corrected chi connectivity index (χ4v) is 1.87. The van der Waals surface area contributed by atoms with E-state index in [0.29, 0.717) is 5.57 Å². The van der Waals surface area contributed by atoms with Gasteiger partial charge in [-0.25, -0.2) is 4.79 Å². The highest BCUT2D eigenvalue weighted by molar-refractivity contribution is 5.87. The third-order valence-corrected chi connectivity index (χ3v) is 2.94. The maximum Gasteiger partial charge on any atom is 0.333 e. The van der Waals surface area contributed by atoms with Crippen LogP contribution in [0.2, 0.25) is 0 Å². The molecule has 0 amide bonds. The zero-order valence-corrected chi connectivity index (χ0v) is 11.5. The molecule has 0 aliphatic heterocycles. The largest absolute Gasteiger partial charge is 0.461 e. The van der Waals surface area contributed by atoms with Crippen molar-refractivity contribution in [1.29, 1.82) is 0 Å². The third-order valence-electron chi connectivity index (χ3n) is 2.94. The number of carbonyl (C=O) groups excluding carboxylic acids is 1. The van der Waals surface area contributed by atoms with Crippen molar-refractivity contribution >= 4 is 5.97 Å². The van der Waals surface area contributed by atoms with Gasteiger partial charge >= 0.3 is 5.97 Å². The first-order valence-electron chi connectivity index (χ1n) is 6.48. The van der Waals surface area contributed by atoms with Crippen LogP contribution in [0.3, 0.4) is 0 Å². The van der Waals surface area contributed by atoms with Crippen LogP contribution in [0.1, 0.15) is 18.1 Å². The molecular weight excluding hydrogens is 248 g/mol. The molecule has 0 atom stereocenters. The Labute approximate surface area is 119 Å². The molecule has 0 fully saturated rings. The minimum absolute atomic E-state index is 0.236. The monoisotopic (exact) mass is 265 g/mol. The Morgan fingerprint density at radius 3 is 1.80 bits per heavy atom. The Hall–Kier alpha value is -2.35. The zero-order valence-electron chi connectivity index (χ0n) is 11.5. The van der Waals surface area contributed by atoms with E-state index in [9.17, 15) is 4.79 Å². The Morgan fingerprint density at radius 2 is 1.40 bits per heavy atom. The molecule has 2 aromatic rings. The molecule has 2 nitrogen and oxygen atoms in total. The second-order valence-electron chi connectivity index (χ2n) is 4.57. The van der Waals surface area contributed by atoms with Crippen LogP contribution in [0.25, 0.3) is 0 Å². The number of benzene rings is 2. The van der Waals surface area contributed by atoms with Crippen molar-refractivity contribution < 1.29 is 9.53 Å². The predicted octanol–water partition coefficient (Wildman–Crippen LogP) is 3.78. The number of esters is 1. The van der Waals surface area contributed by atoms with Gasteiger partial charge < -0.3 is 4.74 Å². The first-order valence-corrected chi connectivity index (χ1v) is 6.48. The van der Waals surface area contributed by atoms with Crippen LogP contribution < -0.4 is 0 Å². The van der Waals surface area contributed by atoms with E-state index in [1.807, 2.05) is 60.7 Å². The summed E-state index contributed by atoms with van der Waals surface area (Å²) in [4.78, 5) is 11.6. The molecule has 0 spiro atoms. The van der Waals surface area contributed by atoms with E-state index in [1.54, 1.807) is 6.92 Å². The molecule has 2 aromatic carbocycles. The number of rotatable bonds is 5. The molecule has 0 saturated carbocycles. The highest BCUT2D eigenvalue weighted by Gasteiger charge is 2.17. The second-order valence-corrected chi connectivity index (χ2v) is 4.57. The van der Waals surface area contributed by atoms with Crippen LogP contribution in [0.4, 0.5) is 0 Å². The van der Waals surface area contributed by atoms with Crippen LogP contribution in [0.15, 0.2) is 72.8 Å². The van der Waals surface area contributed by atoms with Crippen molar-refractivity contribution in [2.24, 2.45) is 0 Å². The van der Waals surface area contributed by atoms with Gasteiger partial charge in [-0.3, -0.25) is 0 Å². The lowest BCUT2D eigenvalue weighted by Gasteiger charge is -2.17. The third kappa shape index (κ3) is 3.58. The van der Waals surface area contributed by atoms with E-state index in [2.05, 4.69) is 6.58 Å². The second kappa shape index (κ2) is 6.71. The van der Waals surface area contributed by atoms with Crippen LogP contribution >= 0.6 is 0 Å². The van der Waals surface area contributed by atoms with Crippen LogP contribution in [-0.4, -0.2) is 12.6 Å². The standard InChI is InChI=1S/C18H17O2/c1-14(2)18(19)20-13-17(15-9-5-3-6-10-15)16-11-7-4-8-12-16/h3-12H,1,13H2,2H3. The summed E-state index contributed by atoms with van der Waals surface area (Å²) in [5.74, 6) is 0.621. The lowest BCUT2D eigenvalue weighted by molar-refractivity contribution is -0.138. The average molecular weight is 265 g/mol. The first kappa shape index (κ1) is 14.1. The van der Waals surface area contributed by atoms with Gasteiger partial charge in [0.05, 0.1) is 5.92 Å². The van der Waals surface area contributed by atoms with Crippen molar-refractivity contribution in [2.75, 3.05) is 6.61 Å². The Morgan fingerprint density at radius 1 is 0.950 bits per heavy atom. The fraction of sp³-hybridized carbons (Fsp3) is 0.111. The Kier molecular flexibility index (Phi) is 4.72. The molecule has 0 bridgehead atoms. The van der Waals surface area contributed by atoms with Crippen LogP contribution in [0, 0.1) is 5.92 Å². The van der Waals surface area contributed by atoms with Crippen molar-refractivity contribution in [3.63, 3.8) is 0 Å². The van der Waals surface area contributed by atoms with Gasteiger partial charge in [-0.05, 0) is 18.1 Å². The molecule has 101 valence electrons. The molecule has 0 unspecified atom stereocenters. The maximum atomic E-state index is 11.6. The predicted molar refractivity (Wildman–Crippen MR) is 80.1 cm³/mol. The number of carbonyl (C=O) groups is 1. The number of hydrogen-bond acceptors (Lipinski definition) is 2. The van der Waals surface area contributed by atoms with E-state index in [4.69, 9.17) is 4.74 Å². The summed E-state index contributed by atoms with van der Waals surface area (Å²) in [6.07, 6.45) is 0. The van der Waals surface area contributed by atoms with Gasteiger partial charge in [0.25, 0.3) is 0 Å². The molecule has 0 aliphatic rings. The van der Waals surface area contributed by atoms with Gasteiger partial charge in [-0.1, -0.05) is 67.2 Å². The molecule has 0 heterocycles. The average Bonchev–Trinajstić information content (AvgIpc) is 2.49. The quantitative estimate of drug-likeness (QED) is 0.607. The van der Waals surface area contributed by atoms with Gasteiger partial charge in [0, 0.05) is 5.57 Å². The van der Waals surface area contributed by atoms with Gasteiger partial charge in [-0.15, -0.1) is 0 Å². The summed E-state index contributed by atoms with van der Waals surface area (Å²) in [5, 5.41) is 0. The molecule has 1 radical (unpaired) electrons. The normalized spacial score (nSPS) is 10.3. The smallest absolute Gasteiger partial charge is 0.333 e. The lowest BCUT2D eigenvalue weighted by Crippen LogP contribution is -2.15. The van der Waals surface area contributed by atoms with Crippen molar-refractivity contribution in [3.05, 3.63) is 89.9 Å². The fourth-order valence-electron chi connectivity index (χ4n) is 1.87. The first-order chi connectivity index (χ1) is 9.68. The lowest BCUT2D eigenvalue weighted by atomic mass is 9.92. The molecule has 2 heteroatoms. The van der Waals surface area contributed by atoms with E-state index < -0.39 is 0 Å². The summed E-state index contributed by atoms with van der Waals surface area (Å²) in [5.41, 5.74) is 2.51. The molecule has 0 saturated heterocycles. The van der Waals surface area contributed by atoms with E-state index >= 15 is 0 Å². The summed E-state index contributed by atoms with van der Waals surface area (Å²) in [6.45, 7) is 5.48. The zero-order chi connectivity index (χ0) is 14.4. The van der Waals surface area contributed by atoms with Crippen LogP contribution in [-0.2, 0) is 9.53 Å². The van der Waals surface area contributed by atoms with E-state index in [-0.39, 0.29) is 12.6 Å². The summed E-state index contributed by atoms with van der Waals surface area (Å²) in [6, 6.07) is 19.9. The Bertz CT molecular complexity index is 533.